The van der Waals surface area contributed by atoms with E-state index in [9.17, 15) is 9.59 Å². The Morgan fingerprint density at radius 1 is 1.25 bits per heavy atom. The van der Waals surface area contributed by atoms with Crippen LogP contribution in [0.25, 0.3) is 0 Å². The monoisotopic (exact) mass is 328 g/mol. The second kappa shape index (κ2) is 6.55. The first-order chi connectivity index (χ1) is 11.7. The second-order valence-corrected chi connectivity index (χ2v) is 7.02. The summed E-state index contributed by atoms with van der Waals surface area (Å²) in [5.74, 6) is 0.122. The van der Waals surface area contributed by atoms with Crippen LogP contribution in [0.1, 0.15) is 42.9 Å². The number of ether oxygens (including phenoxy) is 1. The number of hydrogen-bond donors (Lipinski definition) is 0. The maximum atomic E-state index is 12.7. The fourth-order valence-corrected chi connectivity index (χ4v) is 4.16. The highest BCUT2D eigenvalue weighted by Crippen LogP contribution is 2.33. The van der Waals surface area contributed by atoms with Gasteiger partial charge in [-0.3, -0.25) is 9.59 Å². The Morgan fingerprint density at radius 2 is 2.12 bits per heavy atom. The molecule has 128 valence electrons. The van der Waals surface area contributed by atoms with Crippen molar-refractivity contribution in [2.75, 3.05) is 26.2 Å². The van der Waals surface area contributed by atoms with Crippen LogP contribution in [0.5, 0.6) is 0 Å². The average molecular weight is 328 g/mol. The van der Waals surface area contributed by atoms with Crippen LogP contribution in [0.2, 0.25) is 0 Å². The number of fused-ring (bicyclic) bond motifs is 3. The topological polar surface area (TPSA) is 49.9 Å². The Labute approximate surface area is 142 Å². The summed E-state index contributed by atoms with van der Waals surface area (Å²) in [5.41, 5.74) is 2.50. The van der Waals surface area contributed by atoms with Gasteiger partial charge >= 0.3 is 0 Å². The molecule has 24 heavy (non-hydrogen) atoms. The van der Waals surface area contributed by atoms with Crippen molar-refractivity contribution in [2.45, 2.75) is 44.2 Å². The van der Waals surface area contributed by atoms with Crippen molar-refractivity contribution in [2.24, 2.45) is 0 Å². The minimum Gasteiger partial charge on any atom is -0.378 e. The fraction of sp³-hybridized carbons (Fsp3) is 0.579. The summed E-state index contributed by atoms with van der Waals surface area (Å²) >= 11 is 0. The van der Waals surface area contributed by atoms with Gasteiger partial charge in [-0.1, -0.05) is 24.3 Å². The smallest absolute Gasteiger partial charge is 0.242 e. The molecule has 0 aliphatic carbocycles. The molecular weight excluding hydrogens is 304 g/mol. The molecule has 3 aliphatic rings. The molecule has 5 nitrogen and oxygen atoms in total. The summed E-state index contributed by atoms with van der Waals surface area (Å²) in [6.45, 7) is 2.33. The van der Waals surface area contributed by atoms with E-state index in [2.05, 4.69) is 12.1 Å². The average Bonchev–Trinajstić information content (AvgIpc) is 2.62. The van der Waals surface area contributed by atoms with Crippen LogP contribution in [0.15, 0.2) is 24.3 Å². The SMILES string of the molecule is O=C(CC1CCCCO1)N1CC(=O)N2CCc3ccccc3C2C1. The Morgan fingerprint density at radius 3 is 2.96 bits per heavy atom. The number of nitrogens with zero attached hydrogens (tertiary/aromatic N) is 2. The maximum Gasteiger partial charge on any atom is 0.242 e. The van der Waals surface area contributed by atoms with Crippen LogP contribution < -0.4 is 0 Å². The first kappa shape index (κ1) is 15.6. The molecule has 2 unspecified atom stereocenters. The van der Waals surface area contributed by atoms with E-state index in [1.54, 1.807) is 4.90 Å². The molecule has 2 fully saturated rings. The molecule has 1 aromatic rings. The zero-order valence-electron chi connectivity index (χ0n) is 13.9. The number of carbonyl (C=O) groups is 2. The van der Waals surface area contributed by atoms with E-state index in [0.717, 1.165) is 38.8 Å². The quantitative estimate of drug-likeness (QED) is 0.833. The number of amides is 2. The van der Waals surface area contributed by atoms with E-state index >= 15 is 0 Å². The van der Waals surface area contributed by atoms with E-state index in [1.165, 1.54) is 11.1 Å². The second-order valence-electron chi connectivity index (χ2n) is 7.02. The molecule has 4 rings (SSSR count). The molecule has 2 amide bonds. The van der Waals surface area contributed by atoms with E-state index in [1.807, 2.05) is 17.0 Å². The van der Waals surface area contributed by atoms with E-state index in [-0.39, 0.29) is 30.5 Å². The van der Waals surface area contributed by atoms with E-state index in [4.69, 9.17) is 4.74 Å². The van der Waals surface area contributed by atoms with Gasteiger partial charge in [-0.25, -0.2) is 0 Å². The molecule has 5 heteroatoms. The standard InChI is InChI=1S/C19H24N2O3/c22-18(11-15-6-3-4-10-24-15)20-12-17-16-7-2-1-5-14(16)8-9-21(17)19(23)13-20/h1-2,5,7,15,17H,3-4,6,8-13H2. The van der Waals surface area contributed by atoms with Crippen LogP contribution in [-0.2, 0) is 20.7 Å². The van der Waals surface area contributed by atoms with E-state index in [0.29, 0.717) is 13.0 Å². The highest BCUT2D eigenvalue weighted by atomic mass is 16.5. The molecule has 0 saturated carbocycles. The van der Waals surface area contributed by atoms with Crippen LogP contribution >= 0.6 is 0 Å². The van der Waals surface area contributed by atoms with Gasteiger partial charge in [-0.15, -0.1) is 0 Å². The van der Waals surface area contributed by atoms with Gasteiger partial charge in [0.15, 0.2) is 0 Å². The fourth-order valence-electron chi connectivity index (χ4n) is 4.16. The highest BCUT2D eigenvalue weighted by Gasteiger charge is 2.38. The normalized spacial score (nSPS) is 26.8. The summed E-state index contributed by atoms with van der Waals surface area (Å²) in [6, 6.07) is 8.30. The van der Waals surface area contributed by atoms with Crippen LogP contribution in [0, 0.1) is 0 Å². The Balaban J connectivity index is 1.49. The Kier molecular flexibility index (Phi) is 4.27. The molecule has 0 N–H and O–H groups in total. The molecule has 0 aromatic heterocycles. The summed E-state index contributed by atoms with van der Waals surface area (Å²) in [4.78, 5) is 28.9. The molecule has 0 radical (unpaired) electrons. The summed E-state index contributed by atoms with van der Waals surface area (Å²) < 4.78 is 5.69. The van der Waals surface area contributed by atoms with Crippen molar-refractivity contribution in [1.29, 1.82) is 0 Å². The number of benzene rings is 1. The van der Waals surface area contributed by atoms with Crippen LogP contribution in [-0.4, -0.2) is 54.0 Å². The van der Waals surface area contributed by atoms with Gasteiger partial charge in [-0.05, 0) is 36.8 Å². The number of rotatable bonds is 2. The first-order valence-corrected chi connectivity index (χ1v) is 8.99. The van der Waals surface area contributed by atoms with Crippen molar-refractivity contribution in [3.05, 3.63) is 35.4 Å². The van der Waals surface area contributed by atoms with Crippen molar-refractivity contribution < 1.29 is 14.3 Å². The van der Waals surface area contributed by atoms with Crippen molar-refractivity contribution in [1.82, 2.24) is 9.80 Å². The Bertz CT molecular complexity index is 639. The zero-order valence-corrected chi connectivity index (χ0v) is 13.9. The number of piperazine rings is 1. The minimum atomic E-state index is 0.00687. The molecule has 2 saturated heterocycles. The molecule has 0 bridgehead atoms. The van der Waals surface area contributed by atoms with E-state index < -0.39 is 0 Å². The third-order valence-corrected chi connectivity index (χ3v) is 5.48. The lowest BCUT2D eigenvalue weighted by atomic mass is 9.90. The van der Waals surface area contributed by atoms with Crippen molar-refractivity contribution in [3.8, 4) is 0 Å². The van der Waals surface area contributed by atoms with Gasteiger partial charge in [0.25, 0.3) is 0 Å². The third-order valence-electron chi connectivity index (χ3n) is 5.48. The van der Waals surface area contributed by atoms with Gasteiger partial charge in [-0.2, -0.15) is 0 Å². The predicted molar refractivity (Wildman–Crippen MR) is 89.4 cm³/mol. The van der Waals surface area contributed by atoms with Crippen LogP contribution in [0.4, 0.5) is 0 Å². The molecule has 3 heterocycles. The summed E-state index contributed by atoms with van der Waals surface area (Å²) in [6.07, 6.45) is 4.50. The molecule has 1 aromatic carbocycles. The predicted octanol–water partition coefficient (Wildman–Crippen LogP) is 1.91. The minimum absolute atomic E-state index is 0.00687. The molecule has 3 aliphatic heterocycles. The molecular formula is C19H24N2O3. The lowest BCUT2D eigenvalue weighted by Gasteiger charge is -2.44. The van der Waals surface area contributed by atoms with Gasteiger partial charge < -0.3 is 14.5 Å². The lowest BCUT2D eigenvalue weighted by molar-refractivity contribution is -0.151. The highest BCUT2D eigenvalue weighted by molar-refractivity contribution is 5.87. The van der Waals surface area contributed by atoms with Gasteiger partial charge in [0, 0.05) is 19.7 Å². The van der Waals surface area contributed by atoms with Crippen LogP contribution in [0.3, 0.4) is 0 Å². The number of carbonyl (C=O) groups excluding carboxylic acids is 2. The maximum absolute atomic E-state index is 12.7. The van der Waals surface area contributed by atoms with Gasteiger partial charge in [0.05, 0.1) is 25.1 Å². The van der Waals surface area contributed by atoms with Gasteiger partial charge in [0.2, 0.25) is 11.8 Å². The Hall–Kier alpha value is -1.88. The van der Waals surface area contributed by atoms with Gasteiger partial charge in [0.1, 0.15) is 0 Å². The largest absolute Gasteiger partial charge is 0.378 e. The summed E-state index contributed by atoms with van der Waals surface area (Å²) in [5, 5.41) is 0. The zero-order chi connectivity index (χ0) is 16.5. The number of hydrogen-bond acceptors (Lipinski definition) is 3. The third kappa shape index (κ3) is 2.93. The summed E-state index contributed by atoms with van der Waals surface area (Å²) in [7, 11) is 0. The lowest BCUT2D eigenvalue weighted by Crippen LogP contribution is -2.56. The van der Waals surface area contributed by atoms with Crippen molar-refractivity contribution >= 4 is 11.8 Å². The van der Waals surface area contributed by atoms with Crippen molar-refractivity contribution in [3.63, 3.8) is 0 Å². The first-order valence-electron chi connectivity index (χ1n) is 8.99. The molecule has 2 atom stereocenters. The molecule has 0 spiro atoms.